The maximum atomic E-state index is 10.2. The molecule has 0 amide bonds. The van der Waals surface area contributed by atoms with Gasteiger partial charge in [-0.25, -0.2) is 0 Å². The first-order valence-corrected chi connectivity index (χ1v) is 11.3. The fourth-order valence-electron chi connectivity index (χ4n) is 4.32. The Balaban J connectivity index is 1.51. The van der Waals surface area contributed by atoms with Crippen LogP contribution >= 0.6 is 0 Å². The van der Waals surface area contributed by atoms with E-state index in [4.69, 9.17) is 14.5 Å². The van der Waals surface area contributed by atoms with E-state index in [1.54, 1.807) is 0 Å². The Hall–Kier alpha value is -0.890. The first-order valence-electron chi connectivity index (χ1n) is 11.3. The normalized spacial score (nSPS) is 24.7. The number of ether oxygens (including phenoxy) is 2. The number of aliphatic hydroxyl groups excluding tert-OH is 1. The molecule has 7 nitrogen and oxygen atoms in total. The molecule has 1 aliphatic heterocycles. The lowest BCUT2D eigenvalue weighted by Gasteiger charge is -2.47. The van der Waals surface area contributed by atoms with E-state index in [2.05, 4.69) is 22.5 Å². The van der Waals surface area contributed by atoms with Gasteiger partial charge < -0.3 is 25.2 Å². The molecule has 3 aliphatic rings. The van der Waals surface area contributed by atoms with Gasteiger partial charge in [0.1, 0.15) is 0 Å². The first kappa shape index (κ1) is 21.8. The largest absolute Gasteiger partial charge is 0.389 e. The highest BCUT2D eigenvalue weighted by atomic mass is 16.5. The molecule has 3 N–H and O–H groups in total. The van der Waals surface area contributed by atoms with Gasteiger partial charge in [0.2, 0.25) is 0 Å². The van der Waals surface area contributed by atoms with Gasteiger partial charge in [-0.05, 0) is 38.5 Å². The number of hydrogen-bond donors (Lipinski definition) is 3. The monoisotopic (exact) mass is 396 g/mol. The van der Waals surface area contributed by atoms with Crippen LogP contribution in [0.15, 0.2) is 4.99 Å². The Morgan fingerprint density at radius 1 is 1.21 bits per heavy atom. The fourth-order valence-corrected chi connectivity index (χ4v) is 4.32. The Bertz CT molecular complexity index is 472. The summed E-state index contributed by atoms with van der Waals surface area (Å²) in [6.45, 7) is 9.00. The molecule has 3 rings (SSSR count). The van der Waals surface area contributed by atoms with E-state index in [0.29, 0.717) is 13.2 Å². The molecule has 0 spiro atoms. The van der Waals surface area contributed by atoms with Crippen molar-refractivity contribution in [3.8, 4) is 0 Å². The molecule has 3 fully saturated rings. The van der Waals surface area contributed by atoms with Gasteiger partial charge in [0.25, 0.3) is 0 Å². The molecule has 2 saturated carbocycles. The Morgan fingerprint density at radius 3 is 2.64 bits per heavy atom. The first-order chi connectivity index (χ1) is 13.7. The van der Waals surface area contributed by atoms with Gasteiger partial charge in [0.15, 0.2) is 5.96 Å². The standard InChI is InChI=1S/C21H40N4O3/c1-2-22-20(23-14-19(26)16-28-15-18-6-7-18)24-17-21(8-4-3-5-9-21)25-10-12-27-13-11-25/h18-19,26H,2-17H2,1H3,(H2,22,23,24). The van der Waals surface area contributed by atoms with Gasteiger partial charge >= 0.3 is 0 Å². The molecule has 1 atom stereocenters. The summed E-state index contributed by atoms with van der Waals surface area (Å²) in [6, 6.07) is 0. The highest BCUT2D eigenvalue weighted by Crippen LogP contribution is 2.34. The number of nitrogens with zero attached hydrogens (tertiary/aromatic N) is 2. The number of hydrogen-bond acceptors (Lipinski definition) is 5. The van der Waals surface area contributed by atoms with Crippen LogP contribution in [-0.2, 0) is 9.47 Å². The van der Waals surface area contributed by atoms with Gasteiger partial charge in [-0.2, -0.15) is 0 Å². The van der Waals surface area contributed by atoms with E-state index < -0.39 is 6.10 Å². The van der Waals surface area contributed by atoms with E-state index in [0.717, 1.165) is 57.9 Å². The van der Waals surface area contributed by atoms with Crippen molar-refractivity contribution in [2.24, 2.45) is 10.9 Å². The quantitative estimate of drug-likeness (QED) is 0.382. The van der Waals surface area contributed by atoms with Crippen molar-refractivity contribution < 1.29 is 14.6 Å². The molecule has 0 aromatic carbocycles. The highest BCUT2D eigenvalue weighted by molar-refractivity contribution is 5.79. The number of nitrogens with one attached hydrogen (secondary N) is 2. The van der Waals surface area contributed by atoms with Crippen molar-refractivity contribution in [1.29, 1.82) is 0 Å². The van der Waals surface area contributed by atoms with Crippen LogP contribution in [0.5, 0.6) is 0 Å². The summed E-state index contributed by atoms with van der Waals surface area (Å²) < 4.78 is 11.2. The minimum absolute atomic E-state index is 0.163. The molecule has 7 heteroatoms. The maximum Gasteiger partial charge on any atom is 0.191 e. The van der Waals surface area contributed by atoms with Crippen LogP contribution in [0.2, 0.25) is 0 Å². The van der Waals surface area contributed by atoms with E-state index in [9.17, 15) is 5.11 Å². The van der Waals surface area contributed by atoms with E-state index in [1.807, 2.05) is 0 Å². The molecule has 0 aromatic heterocycles. The van der Waals surface area contributed by atoms with Crippen LogP contribution in [0.1, 0.15) is 51.9 Å². The smallest absolute Gasteiger partial charge is 0.191 e. The van der Waals surface area contributed by atoms with Crippen molar-refractivity contribution in [1.82, 2.24) is 15.5 Å². The number of aliphatic hydroxyl groups is 1. The summed E-state index contributed by atoms with van der Waals surface area (Å²) in [6.07, 6.45) is 8.38. The zero-order valence-corrected chi connectivity index (χ0v) is 17.6. The number of guanidine groups is 1. The summed E-state index contributed by atoms with van der Waals surface area (Å²) in [5.41, 5.74) is 0.163. The molecule has 162 valence electrons. The van der Waals surface area contributed by atoms with Gasteiger partial charge in [-0.15, -0.1) is 0 Å². The third-order valence-electron chi connectivity index (χ3n) is 6.21. The molecule has 0 radical (unpaired) electrons. The summed E-state index contributed by atoms with van der Waals surface area (Å²) in [5, 5.41) is 16.8. The van der Waals surface area contributed by atoms with E-state index >= 15 is 0 Å². The molecule has 1 heterocycles. The minimum Gasteiger partial charge on any atom is -0.389 e. The van der Waals surface area contributed by atoms with Gasteiger partial charge in [-0.1, -0.05) is 19.3 Å². The van der Waals surface area contributed by atoms with Crippen molar-refractivity contribution in [3.05, 3.63) is 0 Å². The van der Waals surface area contributed by atoms with Crippen molar-refractivity contribution in [2.45, 2.75) is 63.5 Å². The minimum atomic E-state index is -0.509. The van der Waals surface area contributed by atoms with Crippen LogP contribution in [0, 0.1) is 5.92 Å². The molecular formula is C21H40N4O3. The third kappa shape index (κ3) is 6.87. The topological polar surface area (TPSA) is 78.4 Å². The lowest BCUT2D eigenvalue weighted by atomic mass is 9.80. The predicted octanol–water partition coefficient (Wildman–Crippen LogP) is 1.36. The lowest BCUT2D eigenvalue weighted by molar-refractivity contribution is -0.0333. The molecule has 2 aliphatic carbocycles. The molecule has 0 aromatic rings. The van der Waals surface area contributed by atoms with Crippen LogP contribution in [-0.4, -0.2) is 86.8 Å². The Labute approximate surface area is 170 Å². The summed E-state index contributed by atoms with van der Waals surface area (Å²) >= 11 is 0. The second kappa shape index (κ2) is 11.3. The second-order valence-electron chi connectivity index (χ2n) is 8.60. The highest BCUT2D eigenvalue weighted by Gasteiger charge is 2.38. The van der Waals surface area contributed by atoms with E-state index in [-0.39, 0.29) is 5.54 Å². The van der Waals surface area contributed by atoms with Crippen LogP contribution < -0.4 is 10.6 Å². The SMILES string of the molecule is CCNC(=NCC1(N2CCOCC2)CCCCC1)NCC(O)COCC1CC1. The van der Waals surface area contributed by atoms with Crippen LogP contribution in [0.3, 0.4) is 0 Å². The van der Waals surface area contributed by atoms with Gasteiger partial charge in [0, 0.05) is 38.3 Å². The van der Waals surface area contributed by atoms with E-state index in [1.165, 1.54) is 44.9 Å². The molecule has 0 bridgehead atoms. The van der Waals surface area contributed by atoms with Crippen LogP contribution in [0.25, 0.3) is 0 Å². The van der Waals surface area contributed by atoms with Crippen LogP contribution in [0.4, 0.5) is 0 Å². The lowest BCUT2D eigenvalue weighted by Crippen LogP contribution is -2.56. The fraction of sp³-hybridized carbons (Fsp3) is 0.952. The molecular weight excluding hydrogens is 356 g/mol. The van der Waals surface area contributed by atoms with Gasteiger partial charge in [-0.3, -0.25) is 9.89 Å². The second-order valence-corrected chi connectivity index (χ2v) is 8.60. The predicted molar refractivity (Wildman–Crippen MR) is 112 cm³/mol. The molecule has 1 unspecified atom stereocenters. The Morgan fingerprint density at radius 2 is 1.96 bits per heavy atom. The van der Waals surface area contributed by atoms with Crippen molar-refractivity contribution in [2.75, 3.05) is 59.2 Å². The zero-order valence-electron chi connectivity index (χ0n) is 17.6. The summed E-state index contributed by atoms with van der Waals surface area (Å²) in [4.78, 5) is 7.55. The number of morpholine rings is 1. The molecule has 1 saturated heterocycles. The number of aliphatic imine (C=N–C) groups is 1. The summed E-state index contributed by atoms with van der Waals surface area (Å²) in [5.74, 6) is 1.52. The third-order valence-corrected chi connectivity index (χ3v) is 6.21. The maximum absolute atomic E-state index is 10.2. The van der Waals surface area contributed by atoms with Crippen molar-refractivity contribution >= 4 is 5.96 Å². The van der Waals surface area contributed by atoms with Gasteiger partial charge in [0.05, 0.1) is 32.5 Å². The summed E-state index contributed by atoms with van der Waals surface area (Å²) in [7, 11) is 0. The number of rotatable bonds is 10. The average molecular weight is 397 g/mol. The zero-order chi connectivity index (χ0) is 19.7. The van der Waals surface area contributed by atoms with Crippen molar-refractivity contribution in [3.63, 3.8) is 0 Å². The Kier molecular flexibility index (Phi) is 8.83. The average Bonchev–Trinajstić information content (AvgIpc) is 3.56. The molecule has 28 heavy (non-hydrogen) atoms.